The van der Waals surface area contributed by atoms with Gasteiger partial charge in [0.1, 0.15) is 0 Å². The van der Waals surface area contributed by atoms with E-state index in [0.717, 1.165) is 19.6 Å². The van der Waals surface area contributed by atoms with Crippen LogP contribution in [-0.2, 0) is 16.0 Å². The maximum atomic E-state index is 5.60. The van der Waals surface area contributed by atoms with Crippen molar-refractivity contribution >= 4 is 6.01 Å². The van der Waals surface area contributed by atoms with E-state index in [2.05, 4.69) is 20.4 Å². The van der Waals surface area contributed by atoms with Gasteiger partial charge in [0.2, 0.25) is 5.89 Å². The third-order valence-electron chi connectivity index (χ3n) is 2.73. The van der Waals surface area contributed by atoms with Crippen LogP contribution in [-0.4, -0.2) is 56.3 Å². The number of nitrogens with one attached hydrogen (secondary N) is 1. The molecule has 0 aromatic carbocycles. The van der Waals surface area contributed by atoms with E-state index in [1.165, 1.54) is 0 Å². The molecular formula is C11H20N4O3. The molecule has 18 heavy (non-hydrogen) atoms. The lowest BCUT2D eigenvalue weighted by atomic mass is 10.3. The van der Waals surface area contributed by atoms with Gasteiger partial charge in [-0.25, -0.2) is 0 Å². The fourth-order valence-corrected chi connectivity index (χ4v) is 1.81. The third-order valence-corrected chi connectivity index (χ3v) is 2.73. The SMILES string of the molecule is COCCNCc1nnc(N2CCOC(C)C2)o1. The number of aromatic nitrogens is 2. The Labute approximate surface area is 106 Å². The number of ether oxygens (including phenoxy) is 2. The number of hydrogen-bond donors (Lipinski definition) is 1. The van der Waals surface area contributed by atoms with Crippen molar-refractivity contribution in [2.24, 2.45) is 0 Å². The van der Waals surface area contributed by atoms with Crippen molar-refractivity contribution in [2.45, 2.75) is 19.6 Å². The molecule has 0 amide bonds. The van der Waals surface area contributed by atoms with Gasteiger partial charge in [-0.05, 0) is 6.92 Å². The summed E-state index contributed by atoms with van der Waals surface area (Å²) in [5, 5.41) is 11.2. The number of hydrogen-bond acceptors (Lipinski definition) is 7. The molecule has 0 saturated carbocycles. The van der Waals surface area contributed by atoms with Gasteiger partial charge >= 0.3 is 6.01 Å². The lowest BCUT2D eigenvalue weighted by molar-refractivity contribution is 0.0513. The van der Waals surface area contributed by atoms with Crippen molar-refractivity contribution in [3.05, 3.63) is 5.89 Å². The van der Waals surface area contributed by atoms with Crippen molar-refractivity contribution in [3.8, 4) is 0 Å². The summed E-state index contributed by atoms with van der Waals surface area (Å²) in [5.41, 5.74) is 0. The first-order chi connectivity index (χ1) is 8.79. The van der Waals surface area contributed by atoms with Gasteiger partial charge in [-0.15, -0.1) is 5.10 Å². The van der Waals surface area contributed by atoms with Crippen LogP contribution < -0.4 is 10.2 Å². The summed E-state index contributed by atoms with van der Waals surface area (Å²) in [7, 11) is 1.67. The number of anilines is 1. The highest BCUT2D eigenvalue weighted by atomic mass is 16.5. The molecule has 1 atom stereocenters. The van der Waals surface area contributed by atoms with Crippen LogP contribution in [0.4, 0.5) is 6.01 Å². The highest BCUT2D eigenvalue weighted by Crippen LogP contribution is 2.15. The van der Waals surface area contributed by atoms with Gasteiger partial charge in [-0.2, -0.15) is 0 Å². The van der Waals surface area contributed by atoms with Crippen LogP contribution in [0.15, 0.2) is 4.42 Å². The molecule has 1 fully saturated rings. The zero-order chi connectivity index (χ0) is 12.8. The van der Waals surface area contributed by atoms with Crippen LogP contribution in [0.5, 0.6) is 0 Å². The Morgan fingerprint density at radius 1 is 1.50 bits per heavy atom. The van der Waals surface area contributed by atoms with E-state index in [1.54, 1.807) is 7.11 Å². The lowest BCUT2D eigenvalue weighted by Crippen LogP contribution is -2.41. The van der Waals surface area contributed by atoms with Gasteiger partial charge in [0.05, 0.1) is 25.9 Å². The quantitative estimate of drug-likeness (QED) is 0.720. The Morgan fingerprint density at radius 3 is 3.17 bits per heavy atom. The predicted molar refractivity (Wildman–Crippen MR) is 65.5 cm³/mol. The van der Waals surface area contributed by atoms with Crippen LogP contribution in [0, 0.1) is 0 Å². The molecule has 0 aliphatic carbocycles. The lowest BCUT2D eigenvalue weighted by Gasteiger charge is -2.29. The van der Waals surface area contributed by atoms with Gasteiger partial charge < -0.3 is 24.1 Å². The summed E-state index contributed by atoms with van der Waals surface area (Å²) >= 11 is 0. The zero-order valence-corrected chi connectivity index (χ0v) is 10.9. The predicted octanol–water partition coefficient (Wildman–Crippen LogP) is 0.0307. The van der Waals surface area contributed by atoms with Gasteiger partial charge in [0.15, 0.2) is 0 Å². The fraction of sp³-hybridized carbons (Fsp3) is 0.818. The van der Waals surface area contributed by atoms with E-state index in [1.807, 2.05) is 6.92 Å². The van der Waals surface area contributed by atoms with E-state index in [0.29, 0.717) is 31.7 Å². The fourth-order valence-electron chi connectivity index (χ4n) is 1.81. The number of nitrogens with zero attached hydrogens (tertiary/aromatic N) is 3. The van der Waals surface area contributed by atoms with Crippen LogP contribution in [0.3, 0.4) is 0 Å². The molecule has 1 aromatic rings. The summed E-state index contributed by atoms with van der Waals surface area (Å²) in [6, 6.07) is 0.577. The molecule has 0 spiro atoms. The molecule has 1 unspecified atom stereocenters. The molecule has 2 rings (SSSR count). The van der Waals surface area contributed by atoms with Crippen molar-refractivity contribution in [3.63, 3.8) is 0 Å². The number of methoxy groups -OCH3 is 1. The van der Waals surface area contributed by atoms with Crippen molar-refractivity contribution in [1.29, 1.82) is 0 Å². The Balaban J connectivity index is 1.81. The second-order valence-corrected chi connectivity index (χ2v) is 4.28. The normalized spacial score (nSPS) is 20.3. The van der Waals surface area contributed by atoms with Gasteiger partial charge in [0.25, 0.3) is 0 Å². The average Bonchev–Trinajstić information content (AvgIpc) is 2.83. The molecule has 7 nitrogen and oxygen atoms in total. The van der Waals surface area contributed by atoms with Crippen LogP contribution in [0.1, 0.15) is 12.8 Å². The summed E-state index contributed by atoms with van der Waals surface area (Å²) in [6.45, 7) is 6.32. The Bertz CT molecular complexity index is 358. The molecule has 1 aliphatic heterocycles. The monoisotopic (exact) mass is 256 g/mol. The van der Waals surface area contributed by atoms with Crippen molar-refractivity contribution < 1.29 is 13.9 Å². The minimum absolute atomic E-state index is 0.203. The molecule has 0 bridgehead atoms. The van der Waals surface area contributed by atoms with E-state index < -0.39 is 0 Å². The highest BCUT2D eigenvalue weighted by molar-refractivity contribution is 5.24. The van der Waals surface area contributed by atoms with E-state index in [9.17, 15) is 0 Å². The van der Waals surface area contributed by atoms with Gasteiger partial charge in [-0.1, -0.05) is 5.10 Å². The molecule has 1 saturated heterocycles. The average molecular weight is 256 g/mol. The van der Waals surface area contributed by atoms with E-state index in [4.69, 9.17) is 13.9 Å². The van der Waals surface area contributed by atoms with Crippen LogP contribution in [0.2, 0.25) is 0 Å². The first-order valence-electron chi connectivity index (χ1n) is 6.18. The summed E-state index contributed by atoms with van der Waals surface area (Å²) in [5.74, 6) is 0.597. The molecule has 1 aliphatic rings. The molecule has 0 radical (unpaired) electrons. The number of morpholine rings is 1. The van der Waals surface area contributed by atoms with Gasteiger partial charge in [-0.3, -0.25) is 0 Å². The first kappa shape index (κ1) is 13.3. The minimum Gasteiger partial charge on any atom is -0.407 e. The van der Waals surface area contributed by atoms with Crippen LogP contribution >= 0.6 is 0 Å². The molecule has 1 N–H and O–H groups in total. The molecule has 2 heterocycles. The molecule has 102 valence electrons. The Kier molecular flexibility index (Phi) is 4.91. The third kappa shape index (κ3) is 3.66. The summed E-state index contributed by atoms with van der Waals surface area (Å²) < 4.78 is 16.0. The largest absolute Gasteiger partial charge is 0.407 e. The molecular weight excluding hydrogens is 236 g/mol. The topological polar surface area (TPSA) is 72.7 Å². The van der Waals surface area contributed by atoms with Crippen molar-refractivity contribution in [1.82, 2.24) is 15.5 Å². The molecule has 7 heteroatoms. The smallest absolute Gasteiger partial charge is 0.318 e. The summed E-state index contributed by atoms with van der Waals surface area (Å²) in [6.07, 6.45) is 0.203. The zero-order valence-electron chi connectivity index (χ0n) is 10.9. The molecule has 1 aromatic heterocycles. The first-order valence-corrected chi connectivity index (χ1v) is 6.18. The van der Waals surface area contributed by atoms with Crippen molar-refractivity contribution in [2.75, 3.05) is 44.9 Å². The van der Waals surface area contributed by atoms with Gasteiger partial charge in [0, 0.05) is 26.7 Å². The standard InChI is InChI=1S/C11H20N4O3/c1-9-8-15(4-6-17-9)11-14-13-10(18-11)7-12-3-5-16-2/h9,12H,3-8H2,1-2H3. The Hall–Kier alpha value is -1.18. The van der Waals surface area contributed by atoms with Crippen LogP contribution in [0.25, 0.3) is 0 Å². The summed E-state index contributed by atoms with van der Waals surface area (Å²) in [4.78, 5) is 2.06. The van der Waals surface area contributed by atoms with E-state index >= 15 is 0 Å². The maximum absolute atomic E-state index is 5.60. The minimum atomic E-state index is 0.203. The number of rotatable bonds is 6. The van der Waals surface area contributed by atoms with E-state index in [-0.39, 0.29) is 6.10 Å². The highest BCUT2D eigenvalue weighted by Gasteiger charge is 2.21. The Morgan fingerprint density at radius 2 is 2.39 bits per heavy atom. The maximum Gasteiger partial charge on any atom is 0.318 e. The second-order valence-electron chi connectivity index (χ2n) is 4.28. The second kappa shape index (κ2) is 6.67.